The minimum atomic E-state index is -1.12. The first-order valence-electron chi connectivity index (χ1n) is 6.89. The summed E-state index contributed by atoms with van der Waals surface area (Å²) in [7, 11) is 1.40. The van der Waals surface area contributed by atoms with E-state index in [1.54, 1.807) is 24.4 Å². The highest BCUT2D eigenvalue weighted by Crippen LogP contribution is 2.21. The molecule has 4 N–H and O–H groups in total. The number of thiocarbonyl (C=S) groups is 1. The summed E-state index contributed by atoms with van der Waals surface area (Å²) in [6.45, 7) is 1.90. The minimum Gasteiger partial charge on any atom is -0.465 e. The third-order valence-corrected chi connectivity index (χ3v) is 3.28. The van der Waals surface area contributed by atoms with Crippen molar-refractivity contribution in [3.63, 3.8) is 0 Å². The third-order valence-electron chi connectivity index (χ3n) is 3.08. The van der Waals surface area contributed by atoms with Crippen LogP contribution in [0.5, 0.6) is 0 Å². The van der Waals surface area contributed by atoms with E-state index in [-0.39, 0.29) is 16.8 Å². The van der Waals surface area contributed by atoms with Gasteiger partial charge in [0.1, 0.15) is 5.69 Å². The van der Waals surface area contributed by atoms with Crippen LogP contribution in [0, 0.1) is 12.3 Å². The number of aryl methyl sites for hydroxylation is 1. The fourth-order valence-electron chi connectivity index (χ4n) is 1.86. The molecule has 0 bridgehead atoms. The third kappa shape index (κ3) is 4.23. The van der Waals surface area contributed by atoms with E-state index in [9.17, 15) is 4.79 Å². The van der Waals surface area contributed by atoms with Gasteiger partial charge in [0.15, 0.2) is 16.8 Å². The van der Waals surface area contributed by atoms with Gasteiger partial charge in [-0.3, -0.25) is 15.3 Å². The van der Waals surface area contributed by atoms with Gasteiger partial charge in [0, 0.05) is 19.4 Å². The number of amidine groups is 1. The molecule has 0 radical (unpaired) electrons. The number of nitrogens with one attached hydrogen (secondary N) is 3. The predicted molar refractivity (Wildman–Crippen MR) is 95.8 cm³/mol. The van der Waals surface area contributed by atoms with Crippen molar-refractivity contribution in [1.82, 2.24) is 15.3 Å². The van der Waals surface area contributed by atoms with Crippen LogP contribution < -0.4 is 15.5 Å². The van der Waals surface area contributed by atoms with Gasteiger partial charge in [0.2, 0.25) is 0 Å². The summed E-state index contributed by atoms with van der Waals surface area (Å²) in [5, 5.41) is 22.7. The zero-order valence-electron chi connectivity index (χ0n) is 13.1. The monoisotopic (exact) mass is 344 g/mol. The predicted octanol–water partition coefficient (Wildman–Crippen LogP) is 2.21. The number of aromatic nitrogens is 2. The highest BCUT2D eigenvalue weighted by atomic mass is 32.1. The van der Waals surface area contributed by atoms with Crippen LogP contribution in [-0.2, 0) is 0 Å². The maximum Gasteiger partial charge on any atom is 0.411 e. The highest BCUT2D eigenvalue weighted by Gasteiger charge is 2.15. The summed E-state index contributed by atoms with van der Waals surface area (Å²) < 4.78 is 0. The molecule has 124 valence electrons. The van der Waals surface area contributed by atoms with Crippen LogP contribution in [0.3, 0.4) is 0 Å². The fourth-order valence-corrected chi connectivity index (χ4v) is 2.05. The molecular weight excluding hydrogens is 328 g/mol. The van der Waals surface area contributed by atoms with Gasteiger partial charge in [-0.25, -0.2) is 9.78 Å². The lowest BCUT2D eigenvalue weighted by Gasteiger charge is -2.18. The summed E-state index contributed by atoms with van der Waals surface area (Å²) in [6, 6.07) is 6.80. The van der Waals surface area contributed by atoms with Crippen molar-refractivity contribution < 1.29 is 9.90 Å². The second kappa shape index (κ2) is 7.47. The molecular formula is C15H16N6O2S. The highest BCUT2D eigenvalue weighted by molar-refractivity contribution is 7.80. The van der Waals surface area contributed by atoms with Gasteiger partial charge in [-0.1, -0.05) is 0 Å². The molecule has 24 heavy (non-hydrogen) atoms. The molecule has 2 aromatic heterocycles. The number of carbonyl (C=O) groups is 1. The van der Waals surface area contributed by atoms with Crippen molar-refractivity contribution in [2.75, 3.05) is 17.3 Å². The Kier molecular flexibility index (Phi) is 5.38. The van der Waals surface area contributed by atoms with Crippen molar-refractivity contribution in [2.45, 2.75) is 6.92 Å². The lowest BCUT2D eigenvalue weighted by Crippen LogP contribution is -2.35. The summed E-state index contributed by atoms with van der Waals surface area (Å²) in [5.41, 5.74) is 1.76. The Hall–Kier alpha value is -3.07. The first-order chi connectivity index (χ1) is 11.4. The second-order valence-corrected chi connectivity index (χ2v) is 5.29. The lowest BCUT2D eigenvalue weighted by atomic mass is 10.2. The molecule has 2 heterocycles. The molecule has 0 fully saturated rings. The van der Waals surface area contributed by atoms with Gasteiger partial charge in [0.25, 0.3) is 0 Å². The Morgan fingerprint density at radius 1 is 1.33 bits per heavy atom. The first-order valence-corrected chi connectivity index (χ1v) is 7.30. The zero-order chi connectivity index (χ0) is 17.7. The Balaban J connectivity index is 2.10. The standard InChI is InChI=1S/C15H16N6O2S/c1-9-5-7-17-10(8-9)12(16)19-14(24)20-13-11(4-3-6-18-13)21(2)15(22)23/h3-8H,1-2H3,(H,22,23)(H3,16,18,19,20,24). The van der Waals surface area contributed by atoms with Gasteiger partial charge < -0.3 is 15.7 Å². The molecule has 0 aliphatic heterocycles. The van der Waals surface area contributed by atoms with E-state index in [1.807, 2.05) is 13.0 Å². The fraction of sp³-hybridized carbons (Fsp3) is 0.133. The molecule has 1 amide bonds. The van der Waals surface area contributed by atoms with E-state index in [4.69, 9.17) is 22.7 Å². The van der Waals surface area contributed by atoms with Crippen LogP contribution in [0.2, 0.25) is 0 Å². The lowest BCUT2D eigenvalue weighted by molar-refractivity contribution is 0.203. The van der Waals surface area contributed by atoms with Crippen molar-refractivity contribution in [2.24, 2.45) is 0 Å². The van der Waals surface area contributed by atoms with Crippen molar-refractivity contribution >= 4 is 40.8 Å². The summed E-state index contributed by atoms with van der Waals surface area (Å²) in [4.78, 5) is 20.3. The van der Waals surface area contributed by atoms with Crippen molar-refractivity contribution in [1.29, 1.82) is 5.41 Å². The maximum atomic E-state index is 11.1. The first kappa shape index (κ1) is 17.3. The number of amides is 1. The molecule has 2 aromatic rings. The SMILES string of the molecule is Cc1ccnc(C(=N)NC(=S)Nc2ncccc2N(C)C(=O)O)c1. The van der Waals surface area contributed by atoms with E-state index in [1.165, 1.54) is 13.2 Å². The van der Waals surface area contributed by atoms with Crippen LogP contribution in [0.1, 0.15) is 11.3 Å². The summed E-state index contributed by atoms with van der Waals surface area (Å²) >= 11 is 5.16. The van der Waals surface area contributed by atoms with Crippen LogP contribution in [0.25, 0.3) is 0 Å². The van der Waals surface area contributed by atoms with Gasteiger partial charge in [-0.2, -0.15) is 0 Å². The topological polar surface area (TPSA) is 114 Å². The normalized spacial score (nSPS) is 9.92. The average Bonchev–Trinajstić information content (AvgIpc) is 2.54. The summed E-state index contributed by atoms with van der Waals surface area (Å²) in [6.07, 6.45) is 2.00. The Labute approximate surface area is 144 Å². The minimum absolute atomic E-state index is 0.0280. The van der Waals surface area contributed by atoms with Gasteiger partial charge in [-0.05, 0) is 49.0 Å². The van der Waals surface area contributed by atoms with Crippen LogP contribution in [0.15, 0.2) is 36.7 Å². The quantitative estimate of drug-likeness (QED) is 0.383. The van der Waals surface area contributed by atoms with E-state index in [2.05, 4.69) is 20.6 Å². The number of rotatable bonds is 3. The van der Waals surface area contributed by atoms with Gasteiger partial charge in [0.05, 0.1) is 5.69 Å². The largest absolute Gasteiger partial charge is 0.465 e. The van der Waals surface area contributed by atoms with Crippen LogP contribution in [-0.4, -0.2) is 39.2 Å². The Morgan fingerprint density at radius 2 is 2.08 bits per heavy atom. The van der Waals surface area contributed by atoms with Crippen LogP contribution >= 0.6 is 12.2 Å². The molecule has 0 unspecified atom stereocenters. The number of hydrogen-bond donors (Lipinski definition) is 4. The molecule has 0 aliphatic carbocycles. The van der Waals surface area contributed by atoms with Crippen LogP contribution in [0.4, 0.5) is 16.3 Å². The van der Waals surface area contributed by atoms with E-state index >= 15 is 0 Å². The maximum absolute atomic E-state index is 11.1. The number of nitrogens with zero attached hydrogens (tertiary/aromatic N) is 3. The molecule has 0 saturated carbocycles. The van der Waals surface area contributed by atoms with E-state index < -0.39 is 6.09 Å². The number of anilines is 2. The number of hydrogen-bond acceptors (Lipinski definition) is 5. The van der Waals surface area contributed by atoms with E-state index in [0.29, 0.717) is 11.4 Å². The van der Waals surface area contributed by atoms with Gasteiger partial charge >= 0.3 is 6.09 Å². The Morgan fingerprint density at radius 3 is 2.75 bits per heavy atom. The molecule has 0 spiro atoms. The average molecular weight is 344 g/mol. The number of carboxylic acid groups (broad SMARTS) is 1. The molecule has 2 rings (SSSR count). The van der Waals surface area contributed by atoms with E-state index in [0.717, 1.165) is 10.5 Å². The number of pyridine rings is 2. The Bertz CT molecular complexity index is 795. The molecule has 8 nitrogen and oxygen atoms in total. The molecule has 9 heteroatoms. The van der Waals surface area contributed by atoms with Gasteiger partial charge in [-0.15, -0.1) is 0 Å². The molecule has 0 aromatic carbocycles. The molecule has 0 atom stereocenters. The molecule has 0 saturated heterocycles. The molecule has 0 aliphatic rings. The smallest absolute Gasteiger partial charge is 0.411 e. The van der Waals surface area contributed by atoms with Crippen molar-refractivity contribution in [3.8, 4) is 0 Å². The van der Waals surface area contributed by atoms with Crippen molar-refractivity contribution in [3.05, 3.63) is 47.9 Å². The zero-order valence-corrected chi connectivity index (χ0v) is 13.9. The second-order valence-electron chi connectivity index (χ2n) is 4.89. The summed E-state index contributed by atoms with van der Waals surface area (Å²) in [5.74, 6) is 0.296.